The molecule has 0 aromatic heterocycles. The second kappa shape index (κ2) is 9.62. The van der Waals surface area contributed by atoms with Crippen molar-refractivity contribution in [2.45, 2.75) is 58.9 Å². The number of aliphatic hydroxyl groups is 1. The summed E-state index contributed by atoms with van der Waals surface area (Å²) < 4.78 is 5.63. The molecule has 0 bridgehead atoms. The van der Waals surface area contributed by atoms with Crippen molar-refractivity contribution in [3.8, 4) is 16.9 Å². The summed E-state index contributed by atoms with van der Waals surface area (Å²) in [4.78, 5) is 11.4. The lowest BCUT2D eigenvalue weighted by Crippen LogP contribution is -2.13. The topological polar surface area (TPSA) is 78.8 Å². The van der Waals surface area contributed by atoms with Crippen LogP contribution in [-0.2, 0) is 17.8 Å². The van der Waals surface area contributed by atoms with Crippen LogP contribution in [0, 0.1) is 26.2 Å². The normalized spacial score (nSPS) is 17.2. The number of nitrogens with one attached hydrogen (secondary N) is 1. The standard InChI is InChI=1S/C31H35NO4/c1-19-13-25(36-12-11-33)14-20(2)30(19)26-6-4-5-22(21(26)3)18-32-24-7-8-27-23(15-24)17-31(9-10-31)28(27)16-29(34)35/h4-8,13-15,28,32-33H,9-12,16-18H2,1-3H3,(H,34,35)/t28-/m0/s1. The van der Waals surface area contributed by atoms with E-state index < -0.39 is 5.97 Å². The maximum absolute atomic E-state index is 11.4. The van der Waals surface area contributed by atoms with Crippen molar-refractivity contribution in [1.29, 1.82) is 0 Å². The van der Waals surface area contributed by atoms with Gasteiger partial charge in [-0.25, -0.2) is 0 Å². The van der Waals surface area contributed by atoms with Crippen LogP contribution < -0.4 is 10.1 Å². The van der Waals surface area contributed by atoms with Crippen molar-refractivity contribution < 1.29 is 19.7 Å². The minimum atomic E-state index is -0.700. The molecule has 0 amide bonds. The van der Waals surface area contributed by atoms with Crippen LogP contribution in [0.25, 0.3) is 11.1 Å². The van der Waals surface area contributed by atoms with E-state index in [-0.39, 0.29) is 24.4 Å². The first-order valence-electron chi connectivity index (χ1n) is 12.8. The molecule has 0 aliphatic heterocycles. The van der Waals surface area contributed by atoms with Crippen LogP contribution in [0.3, 0.4) is 0 Å². The van der Waals surface area contributed by atoms with Crippen molar-refractivity contribution in [3.05, 3.63) is 81.9 Å². The average molecular weight is 486 g/mol. The van der Waals surface area contributed by atoms with E-state index >= 15 is 0 Å². The van der Waals surface area contributed by atoms with E-state index in [1.807, 2.05) is 12.1 Å². The first kappa shape index (κ1) is 24.4. The summed E-state index contributed by atoms with van der Waals surface area (Å²) in [5.41, 5.74) is 11.1. The van der Waals surface area contributed by atoms with Gasteiger partial charge in [-0.2, -0.15) is 0 Å². The number of benzene rings is 3. The monoisotopic (exact) mass is 485 g/mol. The second-order valence-corrected chi connectivity index (χ2v) is 10.6. The Labute approximate surface area is 213 Å². The fraction of sp³-hybridized carbons (Fsp3) is 0.387. The SMILES string of the molecule is Cc1cc(OCCO)cc(C)c1-c1cccc(CNc2ccc3c(c2)CC2(CC2)[C@H]3CC(=O)O)c1C. The highest BCUT2D eigenvalue weighted by atomic mass is 16.5. The number of ether oxygens (including phenoxy) is 1. The van der Waals surface area contributed by atoms with Crippen molar-refractivity contribution >= 4 is 11.7 Å². The molecule has 1 saturated carbocycles. The highest BCUT2D eigenvalue weighted by Gasteiger charge is 2.54. The van der Waals surface area contributed by atoms with Gasteiger partial charge in [0.25, 0.3) is 0 Å². The van der Waals surface area contributed by atoms with Crippen molar-refractivity contribution in [2.24, 2.45) is 5.41 Å². The lowest BCUT2D eigenvalue weighted by Gasteiger charge is -2.18. The first-order chi connectivity index (χ1) is 17.3. The average Bonchev–Trinajstić information content (AvgIpc) is 3.55. The molecular formula is C31H35NO4. The van der Waals surface area contributed by atoms with E-state index in [1.165, 1.54) is 33.4 Å². The molecule has 3 aromatic rings. The van der Waals surface area contributed by atoms with Crippen molar-refractivity contribution in [3.63, 3.8) is 0 Å². The molecule has 5 nitrogen and oxygen atoms in total. The predicted molar refractivity (Wildman–Crippen MR) is 143 cm³/mol. The summed E-state index contributed by atoms with van der Waals surface area (Å²) in [6.07, 6.45) is 3.52. The molecule has 3 N–H and O–H groups in total. The van der Waals surface area contributed by atoms with Crippen LogP contribution >= 0.6 is 0 Å². The highest BCUT2D eigenvalue weighted by molar-refractivity contribution is 5.75. The Kier molecular flexibility index (Phi) is 6.52. The van der Waals surface area contributed by atoms with Gasteiger partial charge in [0.1, 0.15) is 12.4 Å². The van der Waals surface area contributed by atoms with Gasteiger partial charge in [0, 0.05) is 18.2 Å². The lowest BCUT2D eigenvalue weighted by atomic mass is 9.87. The molecule has 2 aliphatic rings. The molecule has 188 valence electrons. The molecule has 3 aromatic carbocycles. The Morgan fingerprint density at radius 3 is 2.50 bits per heavy atom. The zero-order valence-electron chi connectivity index (χ0n) is 21.4. The molecule has 1 fully saturated rings. The Hall–Kier alpha value is -3.31. The van der Waals surface area contributed by atoms with Gasteiger partial charge in [-0.05, 0) is 114 Å². The van der Waals surface area contributed by atoms with Gasteiger partial charge in [-0.1, -0.05) is 24.3 Å². The summed E-state index contributed by atoms with van der Waals surface area (Å²) in [7, 11) is 0. The fourth-order valence-electron chi connectivity index (χ4n) is 6.17. The second-order valence-electron chi connectivity index (χ2n) is 10.6. The highest BCUT2D eigenvalue weighted by Crippen LogP contribution is 2.64. The van der Waals surface area contributed by atoms with E-state index in [0.717, 1.165) is 48.4 Å². The van der Waals surface area contributed by atoms with Crippen LogP contribution in [0.4, 0.5) is 5.69 Å². The zero-order valence-corrected chi connectivity index (χ0v) is 21.4. The Balaban J connectivity index is 1.35. The Bertz CT molecular complexity index is 1280. The minimum absolute atomic E-state index is 0.00199. The van der Waals surface area contributed by atoms with E-state index in [2.05, 4.69) is 62.5 Å². The van der Waals surface area contributed by atoms with Gasteiger partial charge in [-0.15, -0.1) is 0 Å². The third-order valence-corrected chi connectivity index (χ3v) is 8.14. The number of carboxylic acids is 1. The number of anilines is 1. The predicted octanol–water partition coefficient (Wildman–Crippen LogP) is 6.16. The fourth-order valence-corrected chi connectivity index (χ4v) is 6.17. The van der Waals surface area contributed by atoms with Crippen LogP contribution in [0.2, 0.25) is 0 Å². The first-order valence-corrected chi connectivity index (χ1v) is 12.8. The van der Waals surface area contributed by atoms with Crippen LogP contribution in [0.5, 0.6) is 5.75 Å². The van der Waals surface area contributed by atoms with Crippen molar-refractivity contribution in [2.75, 3.05) is 18.5 Å². The quantitative estimate of drug-likeness (QED) is 0.338. The van der Waals surface area contributed by atoms with Crippen LogP contribution in [0.15, 0.2) is 48.5 Å². The van der Waals surface area contributed by atoms with Gasteiger partial charge >= 0.3 is 5.97 Å². The van der Waals surface area contributed by atoms with E-state index in [4.69, 9.17) is 9.84 Å². The van der Waals surface area contributed by atoms with E-state index in [1.54, 1.807) is 0 Å². The Morgan fingerprint density at radius 2 is 1.83 bits per heavy atom. The van der Waals surface area contributed by atoms with E-state index in [0.29, 0.717) is 6.61 Å². The molecule has 5 heteroatoms. The number of aliphatic hydroxyl groups excluding tert-OH is 1. The van der Waals surface area contributed by atoms with Gasteiger partial charge in [0.15, 0.2) is 0 Å². The summed E-state index contributed by atoms with van der Waals surface area (Å²) >= 11 is 0. The molecule has 1 atom stereocenters. The van der Waals surface area contributed by atoms with Gasteiger partial charge in [0.2, 0.25) is 0 Å². The molecule has 0 unspecified atom stereocenters. The molecule has 5 rings (SSSR count). The lowest BCUT2D eigenvalue weighted by molar-refractivity contribution is -0.137. The molecule has 0 saturated heterocycles. The van der Waals surface area contributed by atoms with Gasteiger partial charge in [0.05, 0.1) is 13.0 Å². The number of carboxylic acid groups (broad SMARTS) is 1. The largest absolute Gasteiger partial charge is 0.491 e. The summed E-state index contributed by atoms with van der Waals surface area (Å²) in [6, 6.07) is 17.0. The third-order valence-electron chi connectivity index (χ3n) is 8.14. The number of fused-ring (bicyclic) bond motifs is 1. The molecule has 1 spiro atoms. The summed E-state index contributed by atoms with van der Waals surface area (Å²) in [5, 5.41) is 22.1. The summed E-state index contributed by atoms with van der Waals surface area (Å²) in [6.45, 7) is 7.40. The maximum Gasteiger partial charge on any atom is 0.303 e. The van der Waals surface area contributed by atoms with E-state index in [9.17, 15) is 9.90 Å². The molecular weight excluding hydrogens is 450 g/mol. The van der Waals surface area contributed by atoms with Crippen LogP contribution in [0.1, 0.15) is 58.6 Å². The molecule has 0 heterocycles. The molecule has 36 heavy (non-hydrogen) atoms. The number of rotatable bonds is 9. The number of aryl methyl sites for hydroxylation is 2. The smallest absolute Gasteiger partial charge is 0.303 e. The maximum atomic E-state index is 11.4. The van der Waals surface area contributed by atoms with Crippen LogP contribution in [-0.4, -0.2) is 29.4 Å². The summed E-state index contributed by atoms with van der Waals surface area (Å²) in [5.74, 6) is 0.243. The zero-order chi connectivity index (χ0) is 25.4. The third kappa shape index (κ3) is 4.60. The number of aliphatic carboxylic acids is 1. The van der Waals surface area contributed by atoms with Gasteiger partial charge in [-0.3, -0.25) is 4.79 Å². The number of hydrogen-bond donors (Lipinski definition) is 3. The number of hydrogen-bond acceptors (Lipinski definition) is 4. The minimum Gasteiger partial charge on any atom is -0.491 e. The molecule has 2 aliphatic carbocycles. The van der Waals surface area contributed by atoms with Gasteiger partial charge < -0.3 is 20.3 Å². The molecule has 0 radical (unpaired) electrons. The van der Waals surface area contributed by atoms with Crippen molar-refractivity contribution in [1.82, 2.24) is 0 Å². The number of carbonyl (C=O) groups is 1. The Morgan fingerprint density at radius 1 is 1.08 bits per heavy atom.